The molecule has 1 saturated heterocycles. The summed E-state index contributed by atoms with van der Waals surface area (Å²) in [5.41, 5.74) is 5.84. The number of nitrogens with two attached hydrogens (primary N) is 1. The molecule has 5 nitrogen and oxygen atoms in total. The molecule has 0 aromatic carbocycles. The highest BCUT2D eigenvalue weighted by Gasteiger charge is 2.27. The van der Waals surface area contributed by atoms with Crippen LogP contribution >= 0.6 is 23.8 Å². The lowest BCUT2D eigenvalue weighted by molar-refractivity contribution is 0.224. The van der Waals surface area contributed by atoms with Gasteiger partial charge in [-0.1, -0.05) is 39.9 Å². The lowest BCUT2D eigenvalue weighted by Crippen LogP contribution is -2.53. The molecule has 1 aromatic heterocycles. The summed E-state index contributed by atoms with van der Waals surface area (Å²) in [6.07, 6.45) is 0.975. The summed E-state index contributed by atoms with van der Waals surface area (Å²) >= 11 is 6.67. The molecular weight excluding hydrogens is 302 g/mol. The van der Waals surface area contributed by atoms with E-state index in [-0.39, 0.29) is 11.5 Å². The first-order valence-corrected chi connectivity index (χ1v) is 8.63. The van der Waals surface area contributed by atoms with Crippen molar-refractivity contribution in [2.24, 2.45) is 5.73 Å². The molecule has 2 rings (SSSR count). The van der Waals surface area contributed by atoms with Crippen molar-refractivity contribution >= 4 is 33.9 Å². The van der Waals surface area contributed by atoms with E-state index >= 15 is 0 Å². The van der Waals surface area contributed by atoms with Gasteiger partial charge in [-0.25, -0.2) is 4.98 Å². The lowest BCUT2D eigenvalue weighted by atomic mass is 9.96. The second kappa shape index (κ2) is 6.54. The fraction of sp³-hybridized carbons (Fsp3) is 0.786. The predicted molar refractivity (Wildman–Crippen MR) is 93.3 cm³/mol. The maximum absolute atomic E-state index is 5.83. The number of hydrogen-bond donors (Lipinski definition) is 1. The van der Waals surface area contributed by atoms with Crippen LogP contribution < -0.4 is 10.6 Å². The average Bonchev–Trinajstić information content (AvgIpc) is 2.89. The topological polar surface area (TPSA) is 58.3 Å². The summed E-state index contributed by atoms with van der Waals surface area (Å²) < 4.78 is 4.50. The van der Waals surface area contributed by atoms with Gasteiger partial charge in [0.1, 0.15) is 5.82 Å². The Morgan fingerprint density at radius 3 is 2.38 bits per heavy atom. The summed E-state index contributed by atoms with van der Waals surface area (Å²) in [6.45, 7) is 12.4. The zero-order chi connectivity index (χ0) is 15.6. The van der Waals surface area contributed by atoms with Crippen LogP contribution in [0.2, 0.25) is 0 Å². The van der Waals surface area contributed by atoms with Crippen LogP contribution in [0.4, 0.5) is 5.13 Å². The van der Waals surface area contributed by atoms with Gasteiger partial charge in [-0.2, -0.15) is 4.37 Å². The first kappa shape index (κ1) is 16.6. The van der Waals surface area contributed by atoms with Crippen LogP contribution in [0.5, 0.6) is 0 Å². The summed E-state index contributed by atoms with van der Waals surface area (Å²) in [5, 5.41) is 1.03. The third kappa shape index (κ3) is 3.90. The molecule has 2 N–H and O–H groups in total. The highest BCUT2D eigenvalue weighted by molar-refractivity contribution is 7.80. The largest absolute Gasteiger partial charge is 0.392 e. The minimum Gasteiger partial charge on any atom is -0.392 e. The Morgan fingerprint density at radius 1 is 1.33 bits per heavy atom. The van der Waals surface area contributed by atoms with Gasteiger partial charge in [0.15, 0.2) is 0 Å². The molecule has 0 radical (unpaired) electrons. The van der Waals surface area contributed by atoms with Crippen molar-refractivity contribution in [1.29, 1.82) is 0 Å². The molecular formula is C14H25N5S2. The van der Waals surface area contributed by atoms with E-state index in [0.29, 0.717) is 4.99 Å². The molecule has 0 saturated carbocycles. The van der Waals surface area contributed by atoms with Crippen molar-refractivity contribution in [3.8, 4) is 0 Å². The van der Waals surface area contributed by atoms with Gasteiger partial charge in [0, 0.05) is 43.1 Å². The summed E-state index contributed by atoms with van der Waals surface area (Å²) in [4.78, 5) is 10.00. The average molecular weight is 328 g/mol. The Morgan fingerprint density at radius 2 is 1.95 bits per heavy atom. The van der Waals surface area contributed by atoms with Gasteiger partial charge in [-0.3, -0.25) is 4.90 Å². The van der Waals surface area contributed by atoms with Crippen molar-refractivity contribution < 1.29 is 0 Å². The smallest absolute Gasteiger partial charge is 0.205 e. The van der Waals surface area contributed by atoms with Crippen molar-refractivity contribution in [1.82, 2.24) is 14.3 Å². The van der Waals surface area contributed by atoms with Crippen LogP contribution in [-0.2, 0) is 5.41 Å². The zero-order valence-corrected chi connectivity index (χ0v) is 14.9. The number of thiocarbonyl (C=S) groups is 1. The van der Waals surface area contributed by atoms with Crippen molar-refractivity contribution in [3.63, 3.8) is 0 Å². The number of piperazine rings is 1. The van der Waals surface area contributed by atoms with Crippen LogP contribution in [0.15, 0.2) is 0 Å². The molecule has 1 fully saturated rings. The molecule has 1 aliphatic rings. The molecule has 0 amide bonds. The van der Waals surface area contributed by atoms with Crippen LogP contribution in [0, 0.1) is 0 Å². The Balaban J connectivity index is 1.98. The third-order valence-corrected chi connectivity index (χ3v) is 4.88. The number of rotatable bonds is 4. The van der Waals surface area contributed by atoms with Gasteiger partial charge >= 0.3 is 0 Å². The lowest BCUT2D eigenvalue weighted by Gasteiger charge is -2.38. The molecule has 1 unspecified atom stereocenters. The minimum absolute atomic E-state index is 0.00954. The highest BCUT2D eigenvalue weighted by Crippen LogP contribution is 2.26. The number of aromatic nitrogens is 2. The van der Waals surface area contributed by atoms with Crippen LogP contribution in [0.25, 0.3) is 0 Å². The van der Waals surface area contributed by atoms with Gasteiger partial charge < -0.3 is 10.6 Å². The molecule has 0 spiro atoms. The van der Waals surface area contributed by atoms with Gasteiger partial charge in [-0.05, 0) is 6.42 Å². The Labute approximate surface area is 136 Å². The van der Waals surface area contributed by atoms with Gasteiger partial charge in [0.05, 0.1) is 11.0 Å². The molecule has 7 heteroatoms. The normalized spacial score (nSPS) is 18.8. The van der Waals surface area contributed by atoms with Crippen LogP contribution in [0.1, 0.15) is 39.9 Å². The SMILES string of the molecule is CCC(C(N)=S)N1CCN(c2nc(C(C)(C)C)ns2)CC1. The van der Waals surface area contributed by atoms with Gasteiger partial charge in [0.2, 0.25) is 5.13 Å². The molecule has 21 heavy (non-hydrogen) atoms. The second-order valence-electron chi connectivity index (χ2n) is 6.50. The molecule has 118 valence electrons. The maximum Gasteiger partial charge on any atom is 0.205 e. The summed E-state index contributed by atoms with van der Waals surface area (Å²) in [7, 11) is 0. The summed E-state index contributed by atoms with van der Waals surface area (Å²) in [6, 6.07) is 0.224. The quantitative estimate of drug-likeness (QED) is 0.854. The van der Waals surface area contributed by atoms with E-state index in [1.807, 2.05) is 0 Å². The number of hydrogen-bond acceptors (Lipinski definition) is 6. The minimum atomic E-state index is 0.00954. The van der Waals surface area contributed by atoms with Crippen LogP contribution in [-0.4, -0.2) is 51.5 Å². The molecule has 1 atom stereocenters. The molecule has 2 heterocycles. The molecule has 1 aliphatic heterocycles. The van der Waals surface area contributed by atoms with E-state index in [1.54, 1.807) is 0 Å². The van der Waals surface area contributed by atoms with E-state index in [1.165, 1.54) is 11.5 Å². The van der Waals surface area contributed by atoms with E-state index in [0.717, 1.165) is 43.6 Å². The van der Waals surface area contributed by atoms with E-state index in [2.05, 4.69) is 41.9 Å². The van der Waals surface area contributed by atoms with Crippen LogP contribution in [0.3, 0.4) is 0 Å². The first-order chi connectivity index (χ1) is 9.82. The third-order valence-electron chi connectivity index (χ3n) is 3.83. The molecule has 0 aliphatic carbocycles. The Bertz CT molecular complexity index is 486. The zero-order valence-electron chi connectivity index (χ0n) is 13.3. The van der Waals surface area contributed by atoms with E-state index in [4.69, 9.17) is 22.9 Å². The number of anilines is 1. The highest BCUT2D eigenvalue weighted by atomic mass is 32.1. The van der Waals surface area contributed by atoms with Gasteiger partial charge in [-0.15, -0.1) is 0 Å². The maximum atomic E-state index is 5.83. The van der Waals surface area contributed by atoms with Gasteiger partial charge in [0.25, 0.3) is 0 Å². The fourth-order valence-electron chi connectivity index (χ4n) is 2.51. The Kier molecular flexibility index (Phi) is 5.16. The standard InChI is InChI=1S/C14H25N5S2/c1-5-10(11(15)20)18-6-8-19(9-7-18)13-16-12(17-21-13)14(2,3)4/h10H,5-9H2,1-4H3,(H2,15,20). The monoisotopic (exact) mass is 327 g/mol. The van der Waals surface area contributed by atoms with Crippen molar-refractivity contribution in [2.45, 2.75) is 45.6 Å². The fourth-order valence-corrected chi connectivity index (χ4v) is 3.74. The Hall–Kier alpha value is -0.790. The van der Waals surface area contributed by atoms with Crippen molar-refractivity contribution in [2.75, 3.05) is 31.1 Å². The molecule has 0 bridgehead atoms. The number of nitrogens with zero attached hydrogens (tertiary/aromatic N) is 4. The van der Waals surface area contributed by atoms with E-state index < -0.39 is 0 Å². The summed E-state index contributed by atoms with van der Waals surface area (Å²) in [5.74, 6) is 0.930. The van der Waals surface area contributed by atoms with Crippen molar-refractivity contribution in [3.05, 3.63) is 5.82 Å². The molecule has 1 aromatic rings. The predicted octanol–water partition coefficient (Wildman–Crippen LogP) is 2.02. The first-order valence-electron chi connectivity index (χ1n) is 7.45. The van der Waals surface area contributed by atoms with E-state index in [9.17, 15) is 0 Å². The second-order valence-corrected chi connectivity index (χ2v) is 7.70.